The minimum Gasteiger partial charge on any atom is -0.304 e. The zero-order chi connectivity index (χ0) is 10.3. The molecule has 0 saturated heterocycles. The van der Waals surface area contributed by atoms with Gasteiger partial charge in [0, 0.05) is 18.9 Å². The lowest BCUT2D eigenvalue weighted by molar-refractivity contribution is 0.413. The van der Waals surface area contributed by atoms with Gasteiger partial charge in [-0.15, -0.1) is 4.59 Å². The summed E-state index contributed by atoms with van der Waals surface area (Å²) in [4.78, 5) is 8.56. The Balaban J connectivity index is 2.10. The maximum absolute atomic E-state index is 4.50. The van der Waals surface area contributed by atoms with Gasteiger partial charge in [0.1, 0.15) is 7.05 Å². The van der Waals surface area contributed by atoms with Gasteiger partial charge in [-0.25, -0.2) is 0 Å². The number of hydrogen-bond donors (Lipinski definition) is 1. The standard InChI is InChI=1S/C10H12N5/c1-15(10-12-3-2-4-13-10)9-7-11-5-8(9)6-14-15/h2-4,6,11H,5,7H2,1H3/q+1. The fourth-order valence-electron chi connectivity index (χ4n) is 2.03. The molecular formula is C10H12N5+. The summed E-state index contributed by atoms with van der Waals surface area (Å²) in [5.41, 5.74) is 2.52. The largest absolute Gasteiger partial charge is 0.360 e. The van der Waals surface area contributed by atoms with Gasteiger partial charge in [-0.1, -0.05) is 5.10 Å². The molecule has 0 aromatic carbocycles. The normalized spacial score (nSPS) is 28.6. The Morgan fingerprint density at radius 2 is 2.07 bits per heavy atom. The molecular weight excluding hydrogens is 190 g/mol. The monoisotopic (exact) mass is 202 g/mol. The van der Waals surface area contributed by atoms with E-state index in [1.54, 1.807) is 12.4 Å². The van der Waals surface area contributed by atoms with Crippen LogP contribution in [-0.4, -0.2) is 36.3 Å². The Morgan fingerprint density at radius 3 is 2.87 bits per heavy atom. The van der Waals surface area contributed by atoms with Crippen molar-refractivity contribution in [1.82, 2.24) is 19.9 Å². The minimum absolute atomic E-state index is 0.364. The number of hydrogen-bond acceptors (Lipinski definition) is 4. The maximum Gasteiger partial charge on any atom is 0.360 e. The van der Waals surface area contributed by atoms with Gasteiger partial charge < -0.3 is 5.32 Å². The summed E-state index contributed by atoms with van der Waals surface area (Å²) in [6, 6.07) is 1.82. The van der Waals surface area contributed by atoms with E-state index in [1.807, 2.05) is 19.3 Å². The molecule has 5 heteroatoms. The zero-order valence-electron chi connectivity index (χ0n) is 8.51. The highest BCUT2D eigenvalue weighted by molar-refractivity contribution is 5.85. The molecule has 0 fully saturated rings. The van der Waals surface area contributed by atoms with Gasteiger partial charge in [0.15, 0.2) is 5.70 Å². The van der Waals surface area contributed by atoms with Crippen molar-refractivity contribution in [3.63, 3.8) is 0 Å². The van der Waals surface area contributed by atoms with E-state index >= 15 is 0 Å². The first-order chi connectivity index (χ1) is 7.31. The fraction of sp³-hybridized carbons (Fsp3) is 0.300. The lowest BCUT2D eigenvalue weighted by Gasteiger charge is -2.21. The number of rotatable bonds is 1. The summed E-state index contributed by atoms with van der Waals surface area (Å²) >= 11 is 0. The van der Waals surface area contributed by atoms with Gasteiger partial charge in [0.2, 0.25) is 0 Å². The van der Waals surface area contributed by atoms with Gasteiger partial charge >= 0.3 is 5.95 Å². The van der Waals surface area contributed by atoms with Crippen LogP contribution >= 0.6 is 0 Å². The maximum atomic E-state index is 4.50. The van der Waals surface area contributed by atoms with Crippen LogP contribution in [-0.2, 0) is 0 Å². The summed E-state index contributed by atoms with van der Waals surface area (Å²) < 4.78 is 0.364. The molecule has 3 rings (SSSR count). The Kier molecular flexibility index (Phi) is 1.71. The first-order valence-electron chi connectivity index (χ1n) is 4.94. The van der Waals surface area contributed by atoms with Crippen LogP contribution in [0.5, 0.6) is 0 Å². The summed E-state index contributed by atoms with van der Waals surface area (Å²) in [6.45, 7) is 1.77. The topological polar surface area (TPSA) is 50.2 Å². The van der Waals surface area contributed by atoms with Crippen molar-refractivity contribution in [3.8, 4) is 0 Å². The van der Waals surface area contributed by atoms with E-state index in [4.69, 9.17) is 0 Å². The lowest BCUT2D eigenvalue weighted by Crippen LogP contribution is -2.39. The molecule has 1 N–H and O–H groups in total. The molecule has 76 valence electrons. The van der Waals surface area contributed by atoms with Crippen LogP contribution in [0.4, 0.5) is 5.95 Å². The number of quaternary nitrogens is 1. The van der Waals surface area contributed by atoms with Crippen LogP contribution in [0.25, 0.3) is 0 Å². The van der Waals surface area contributed by atoms with Crippen molar-refractivity contribution < 1.29 is 0 Å². The molecule has 0 aliphatic carbocycles. The summed E-state index contributed by atoms with van der Waals surface area (Å²) in [6.07, 6.45) is 5.43. The van der Waals surface area contributed by atoms with Gasteiger partial charge in [0.05, 0.1) is 18.3 Å². The fourth-order valence-corrected chi connectivity index (χ4v) is 2.03. The van der Waals surface area contributed by atoms with E-state index in [1.165, 1.54) is 11.3 Å². The summed E-state index contributed by atoms with van der Waals surface area (Å²) in [7, 11) is 2.02. The first-order valence-corrected chi connectivity index (χ1v) is 4.94. The highest BCUT2D eigenvalue weighted by Gasteiger charge is 2.42. The average Bonchev–Trinajstić information content (AvgIpc) is 2.85. The van der Waals surface area contributed by atoms with Crippen LogP contribution in [0.3, 0.4) is 0 Å². The molecule has 3 heterocycles. The molecule has 15 heavy (non-hydrogen) atoms. The van der Waals surface area contributed by atoms with E-state index in [-0.39, 0.29) is 0 Å². The van der Waals surface area contributed by atoms with Crippen molar-refractivity contribution in [3.05, 3.63) is 29.7 Å². The van der Waals surface area contributed by atoms with Crippen molar-refractivity contribution in [2.24, 2.45) is 5.10 Å². The smallest absolute Gasteiger partial charge is 0.304 e. The Bertz CT molecular complexity index is 450. The second kappa shape index (κ2) is 2.95. The van der Waals surface area contributed by atoms with Crippen LogP contribution < -0.4 is 9.91 Å². The van der Waals surface area contributed by atoms with Crippen LogP contribution in [0.2, 0.25) is 0 Å². The third-order valence-electron chi connectivity index (χ3n) is 2.89. The molecule has 1 unspecified atom stereocenters. The van der Waals surface area contributed by atoms with Gasteiger partial charge in [-0.3, -0.25) is 0 Å². The van der Waals surface area contributed by atoms with Crippen LogP contribution in [0, 0.1) is 0 Å². The quantitative estimate of drug-likeness (QED) is 0.665. The summed E-state index contributed by atoms with van der Waals surface area (Å²) in [5, 5.41) is 7.81. The third-order valence-corrected chi connectivity index (χ3v) is 2.89. The second-order valence-electron chi connectivity index (χ2n) is 3.83. The lowest BCUT2D eigenvalue weighted by atomic mass is 10.2. The van der Waals surface area contributed by atoms with E-state index in [0.29, 0.717) is 4.59 Å². The average molecular weight is 202 g/mol. The highest BCUT2D eigenvalue weighted by Crippen LogP contribution is 2.30. The van der Waals surface area contributed by atoms with Gasteiger partial charge in [-0.05, 0) is 6.07 Å². The van der Waals surface area contributed by atoms with E-state index in [2.05, 4.69) is 20.4 Å². The first kappa shape index (κ1) is 8.70. The molecule has 0 saturated carbocycles. The van der Waals surface area contributed by atoms with Gasteiger partial charge in [-0.2, -0.15) is 9.97 Å². The van der Waals surface area contributed by atoms with Crippen molar-refractivity contribution in [2.75, 3.05) is 20.1 Å². The van der Waals surface area contributed by atoms with E-state index < -0.39 is 0 Å². The zero-order valence-corrected chi connectivity index (χ0v) is 8.51. The molecule has 1 aromatic rings. The van der Waals surface area contributed by atoms with Crippen LogP contribution in [0.15, 0.2) is 34.8 Å². The summed E-state index contributed by atoms with van der Waals surface area (Å²) in [5.74, 6) is 0.724. The van der Waals surface area contributed by atoms with Crippen molar-refractivity contribution in [1.29, 1.82) is 0 Å². The third kappa shape index (κ3) is 1.14. The number of likely N-dealkylation sites (N-methyl/N-ethyl adjacent to an activating group) is 1. The van der Waals surface area contributed by atoms with Crippen molar-refractivity contribution in [2.45, 2.75) is 0 Å². The minimum atomic E-state index is 0.364. The molecule has 5 nitrogen and oxygen atoms in total. The number of nitrogens with one attached hydrogen (secondary N) is 1. The van der Waals surface area contributed by atoms with E-state index in [0.717, 1.165) is 19.0 Å². The van der Waals surface area contributed by atoms with E-state index in [9.17, 15) is 0 Å². The molecule has 0 radical (unpaired) electrons. The number of nitrogens with zero attached hydrogens (tertiary/aromatic N) is 4. The molecule has 0 bridgehead atoms. The Hall–Kier alpha value is -1.59. The van der Waals surface area contributed by atoms with Crippen LogP contribution in [0.1, 0.15) is 0 Å². The molecule has 1 atom stereocenters. The predicted molar refractivity (Wildman–Crippen MR) is 58.1 cm³/mol. The van der Waals surface area contributed by atoms with Gasteiger partial charge in [0.25, 0.3) is 0 Å². The Morgan fingerprint density at radius 1 is 1.27 bits per heavy atom. The molecule has 0 amide bonds. The Labute approximate surface area is 87.7 Å². The predicted octanol–water partition coefficient (Wildman–Crippen LogP) is 0.270. The molecule has 2 aliphatic rings. The molecule has 1 aromatic heterocycles. The number of aromatic nitrogens is 2. The van der Waals surface area contributed by atoms with Crippen molar-refractivity contribution >= 4 is 12.2 Å². The molecule has 2 aliphatic heterocycles. The highest BCUT2D eigenvalue weighted by atomic mass is 15.7. The molecule has 0 spiro atoms. The second-order valence-corrected chi connectivity index (χ2v) is 3.83. The SMILES string of the molecule is C[N+]1(c2ncccn2)N=CC2=C1CNC2.